The van der Waals surface area contributed by atoms with Gasteiger partial charge in [0.25, 0.3) is 0 Å². The molecule has 0 saturated carbocycles. The van der Waals surface area contributed by atoms with Gasteiger partial charge in [-0.2, -0.15) is 0 Å². The van der Waals surface area contributed by atoms with Crippen LogP contribution in [0.15, 0.2) is 48.5 Å². The van der Waals surface area contributed by atoms with Gasteiger partial charge in [-0.3, -0.25) is 0 Å². The Hall–Kier alpha value is -1.67. The fraction of sp³-hybridized carbons (Fsp3) is 0.368. The van der Waals surface area contributed by atoms with Crippen molar-refractivity contribution in [2.45, 2.75) is 39.2 Å². The number of halogens is 1. The van der Waals surface area contributed by atoms with Gasteiger partial charge >= 0.3 is 0 Å². The summed E-state index contributed by atoms with van der Waals surface area (Å²) in [5.41, 5.74) is 3.62. The van der Waals surface area contributed by atoms with Crippen LogP contribution in [0.1, 0.15) is 49.4 Å². The van der Waals surface area contributed by atoms with Gasteiger partial charge in [0.05, 0.1) is 0 Å². The van der Waals surface area contributed by atoms with Crippen molar-refractivity contribution in [2.24, 2.45) is 0 Å². The van der Waals surface area contributed by atoms with Crippen LogP contribution < -0.4 is 5.32 Å². The standard InChI is InChI=1S/C19H24FN/c1-4-21-19(13-15-6-5-7-18(20)12-15)17-10-8-16(9-11-17)14(2)3/h5-12,14,19,21H,4,13H2,1-3H3. The molecule has 0 heterocycles. The zero-order valence-electron chi connectivity index (χ0n) is 13.1. The first-order valence-corrected chi connectivity index (χ1v) is 7.67. The second-order valence-electron chi connectivity index (χ2n) is 5.77. The van der Waals surface area contributed by atoms with E-state index in [1.54, 1.807) is 12.1 Å². The van der Waals surface area contributed by atoms with Crippen LogP contribution in [0.25, 0.3) is 0 Å². The number of nitrogens with one attached hydrogen (secondary N) is 1. The average molecular weight is 285 g/mol. The summed E-state index contributed by atoms with van der Waals surface area (Å²) in [5.74, 6) is 0.373. The van der Waals surface area contributed by atoms with Crippen molar-refractivity contribution in [3.05, 3.63) is 71.0 Å². The van der Waals surface area contributed by atoms with Gasteiger partial charge in [0.15, 0.2) is 0 Å². The second-order valence-corrected chi connectivity index (χ2v) is 5.77. The van der Waals surface area contributed by atoms with E-state index >= 15 is 0 Å². The molecule has 0 radical (unpaired) electrons. The van der Waals surface area contributed by atoms with E-state index in [1.165, 1.54) is 17.2 Å². The summed E-state index contributed by atoms with van der Waals surface area (Å²) >= 11 is 0. The molecule has 2 aromatic rings. The van der Waals surface area contributed by atoms with Gasteiger partial charge in [-0.25, -0.2) is 4.39 Å². The predicted molar refractivity (Wildman–Crippen MR) is 87.1 cm³/mol. The average Bonchev–Trinajstić information content (AvgIpc) is 2.47. The quantitative estimate of drug-likeness (QED) is 0.800. The monoisotopic (exact) mass is 285 g/mol. The SMILES string of the molecule is CCNC(Cc1cccc(F)c1)c1ccc(C(C)C)cc1. The molecule has 112 valence electrons. The smallest absolute Gasteiger partial charge is 0.123 e. The Morgan fingerprint density at radius 1 is 1.00 bits per heavy atom. The third-order valence-corrected chi connectivity index (χ3v) is 3.78. The lowest BCUT2D eigenvalue weighted by Crippen LogP contribution is -2.23. The minimum Gasteiger partial charge on any atom is -0.310 e. The highest BCUT2D eigenvalue weighted by Gasteiger charge is 2.12. The Bertz CT molecular complexity index is 560. The van der Waals surface area contributed by atoms with Gasteiger partial charge < -0.3 is 5.32 Å². The molecule has 21 heavy (non-hydrogen) atoms. The topological polar surface area (TPSA) is 12.0 Å². The zero-order chi connectivity index (χ0) is 15.2. The maximum atomic E-state index is 13.3. The van der Waals surface area contributed by atoms with Crippen LogP contribution in [-0.2, 0) is 6.42 Å². The first kappa shape index (κ1) is 15.7. The molecular weight excluding hydrogens is 261 g/mol. The summed E-state index contributed by atoms with van der Waals surface area (Å²) in [7, 11) is 0. The van der Waals surface area contributed by atoms with Crippen LogP contribution >= 0.6 is 0 Å². The first-order chi connectivity index (χ1) is 10.1. The third-order valence-electron chi connectivity index (χ3n) is 3.78. The van der Waals surface area contributed by atoms with Gasteiger partial charge in [-0.15, -0.1) is 0 Å². The van der Waals surface area contributed by atoms with Crippen LogP contribution in [0.3, 0.4) is 0 Å². The summed E-state index contributed by atoms with van der Waals surface area (Å²) in [6.07, 6.45) is 0.798. The minimum atomic E-state index is -0.169. The highest BCUT2D eigenvalue weighted by Crippen LogP contribution is 2.22. The molecule has 2 heteroatoms. The van der Waals surface area contributed by atoms with E-state index < -0.39 is 0 Å². The zero-order valence-corrected chi connectivity index (χ0v) is 13.1. The molecule has 2 rings (SSSR count). The van der Waals surface area contributed by atoms with E-state index in [-0.39, 0.29) is 11.9 Å². The molecule has 0 aliphatic rings. The second kappa shape index (κ2) is 7.37. The molecule has 1 N–H and O–H groups in total. The maximum absolute atomic E-state index is 13.3. The minimum absolute atomic E-state index is 0.169. The van der Waals surface area contributed by atoms with Crippen molar-refractivity contribution >= 4 is 0 Å². The lowest BCUT2D eigenvalue weighted by Gasteiger charge is -2.19. The van der Waals surface area contributed by atoms with E-state index in [9.17, 15) is 4.39 Å². The van der Waals surface area contributed by atoms with E-state index in [4.69, 9.17) is 0 Å². The lowest BCUT2D eigenvalue weighted by molar-refractivity contribution is 0.546. The molecule has 0 saturated heterocycles. The molecule has 0 spiro atoms. The molecule has 0 fully saturated rings. The molecular formula is C19H24FN. The van der Waals surface area contributed by atoms with Gasteiger partial charge in [0.1, 0.15) is 5.82 Å². The number of hydrogen-bond acceptors (Lipinski definition) is 1. The highest BCUT2D eigenvalue weighted by atomic mass is 19.1. The van der Waals surface area contributed by atoms with Crippen molar-refractivity contribution in [1.29, 1.82) is 0 Å². The van der Waals surface area contributed by atoms with Crippen LogP contribution in [0.2, 0.25) is 0 Å². The van der Waals surface area contributed by atoms with E-state index in [1.807, 2.05) is 6.07 Å². The van der Waals surface area contributed by atoms with Crippen LogP contribution in [0.4, 0.5) is 4.39 Å². The van der Waals surface area contributed by atoms with Crippen LogP contribution in [0.5, 0.6) is 0 Å². The van der Waals surface area contributed by atoms with Crippen molar-refractivity contribution in [2.75, 3.05) is 6.54 Å². The summed E-state index contributed by atoms with van der Waals surface area (Å²) in [4.78, 5) is 0. The lowest BCUT2D eigenvalue weighted by atomic mass is 9.95. The van der Waals surface area contributed by atoms with Gasteiger partial charge in [0.2, 0.25) is 0 Å². The molecule has 1 nitrogen and oxygen atoms in total. The summed E-state index contributed by atoms with van der Waals surface area (Å²) < 4.78 is 13.3. The Balaban J connectivity index is 2.18. The maximum Gasteiger partial charge on any atom is 0.123 e. The first-order valence-electron chi connectivity index (χ1n) is 7.67. The third kappa shape index (κ3) is 4.40. The summed E-state index contributed by atoms with van der Waals surface area (Å²) in [5, 5.41) is 3.49. The molecule has 2 aromatic carbocycles. The Morgan fingerprint density at radius 3 is 2.24 bits per heavy atom. The molecule has 1 atom stereocenters. The summed E-state index contributed by atoms with van der Waals surface area (Å²) in [6.45, 7) is 7.39. The molecule has 0 amide bonds. The fourth-order valence-corrected chi connectivity index (χ4v) is 2.57. The van der Waals surface area contributed by atoms with Gasteiger partial charge in [0, 0.05) is 6.04 Å². The molecule has 0 bridgehead atoms. The van der Waals surface area contributed by atoms with E-state index in [2.05, 4.69) is 50.4 Å². The van der Waals surface area contributed by atoms with Crippen LogP contribution in [0, 0.1) is 5.82 Å². The van der Waals surface area contributed by atoms with E-state index in [0.29, 0.717) is 5.92 Å². The van der Waals surface area contributed by atoms with Gasteiger partial charge in [-0.1, -0.05) is 57.2 Å². The molecule has 0 aliphatic carbocycles. The molecule has 0 aromatic heterocycles. The molecule has 0 aliphatic heterocycles. The van der Waals surface area contributed by atoms with Crippen molar-refractivity contribution in [3.63, 3.8) is 0 Å². The number of rotatable bonds is 6. The summed E-state index contributed by atoms with van der Waals surface area (Å²) in [6, 6.07) is 15.8. The molecule has 1 unspecified atom stereocenters. The van der Waals surface area contributed by atoms with Crippen molar-refractivity contribution in [3.8, 4) is 0 Å². The highest BCUT2D eigenvalue weighted by molar-refractivity contribution is 5.29. The largest absolute Gasteiger partial charge is 0.310 e. The number of likely N-dealkylation sites (N-methyl/N-ethyl adjacent to an activating group) is 1. The number of hydrogen-bond donors (Lipinski definition) is 1. The van der Waals surface area contributed by atoms with Crippen LogP contribution in [-0.4, -0.2) is 6.54 Å². The fourth-order valence-electron chi connectivity index (χ4n) is 2.57. The predicted octanol–water partition coefficient (Wildman–Crippen LogP) is 4.84. The number of benzene rings is 2. The Labute approximate surface area is 127 Å². The van der Waals surface area contributed by atoms with Gasteiger partial charge in [-0.05, 0) is 47.7 Å². The Kier molecular flexibility index (Phi) is 5.51. The van der Waals surface area contributed by atoms with Crippen molar-refractivity contribution in [1.82, 2.24) is 5.32 Å². The van der Waals surface area contributed by atoms with E-state index in [0.717, 1.165) is 18.5 Å². The normalized spacial score (nSPS) is 12.6. The Morgan fingerprint density at radius 2 is 1.67 bits per heavy atom. The van der Waals surface area contributed by atoms with Crippen molar-refractivity contribution < 1.29 is 4.39 Å².